The summed E-state index contributed by atoms with van der Waals surface area (Å²) in [6.07, 6.45) is 2.19. The number of aliphatic carboxylic acids is 1. The van der Waals surface area contributed by atoms with Gasteiger partial charge in [0.25, 0.3) is 0 Å². The van der Waals surface area contributed by atoms with Gasteiger partial charge in [-0.25, -0.2) is 0 Å². The smallest absolute Gasteiger partial charge is 0.307 e. The maximum atomic E-state index is 10.8. The Morgan fingerprint density at radius 2 is 2.00 bits per heavy atom. The minimum absolute atomic E-state index is 0.308. The van der Waals surface area contributed by atoms with Gasteiger partial charge in [-0.05, 0) is 31.5 Å². The fourth-order valence-corrected chi connectivity index (χ4v) is 2.57. The van der Waals surface area contributed by atoms with Gasteiger partial charge >= 0.3 is 5.97 Å². The number of likely N-dealkylation sites (tertiary alicyclic amines) is 1. The molecule has 0 amide bonds. The molecule has 4 heteroatoms. The van der Waals surface area contributed by atoms with E-state index in [1.807, 2.05) is 6.07 Å². The predicted octanol–water partition coefficient (Wildman–Crippen LogP) is 1.96. The predicted molar refractivity (Wildman–Crippen MR) is 79.5 cm³/mol. The third-order valence-electron chi connectivity index (χ3n) is 3.97. The monoisotopic (exact) mass is 276 g/mol. The van der Waals surface area contributed by atoms with Crippen LogP contribution in [0, 0.1) is 5.92 Å². The van der Waals surface area contributed by atoms with Crippen LogP contribution in [-0.2, 0) is 11.3 Å². The SMILES string of the molecule is CC(CNC1CCN(Cc2ccccc2)CC1)C(=O)O. The summed E-state index contributed by atoms with van der Waals surface area (Å²) in [6, 6.07) is 11.0. The lowest BCUT2D eigenvalue weighted by Gasteiger charge is -2.32. The average molecular weight is 276 g/mol. The first-order valence-corrected chi connectivity index (χ1v) is 7.37. The van der Waals surface area contributed by atoms with Gasteiger partial charge in [-0.2, -0.15) is 0 Å². The highest BCUT2D eigenvalue weighted by Crippen LogP contribution is 2.14. The second-order valence-corrected chi connectivity index (χ2v) is 5.68. The number of hydrogen-bond acceptors (Lipinski definition) is 3. The molecule has 4 nitrogen and oxygen atoms in total. The Balaban J connectivity index is 1.69. The van der Waals surface area contributed by atoms with Gasteiger partial charge in [0.1, 0.15) is 0 Å². The zero-order valence-electron chi connectivity index (χ0n) is 12.1. The molecule has 1 fully saturated rings. The van der Waals surface area contributed by atoms with Crippen molar-refractivity contribution in [2.45, 2.75) is 32.4 Å². The number of nitrogens with zero attached hydrogens (tertiary/aromatic N) is 1. The van der Waals surface area contributed by atoms with E-state index in [1.54, 1.807) is 6.92 Å². The largest absolute Gasteiger partial charge is 0.481 e. The van der Waals surface area contributed by atoms with Crippen molar-refractivity contribution < 1.29 is 9.90 Å². The van der Waals surface area contributed by atoms with Crippen molar-refractivity contribution in [2.75, 3.05) is 19.6 Å². The zero-order chi connectivity index (χ0) is 14.4. The van der Waals surface area contributed by atoms with E-state index in [9.17, 15) is 4.79 Å². The molecule has 1 aliphatic rings. The van der Waals surface area contributed by atoms with E-state index in [0.29, 0.717) is 12.6 Å². The number of carbonyl (C=O) groups is 1. The van der Waals surface area contributed by atoms with E-state index in [4.69, 9.17) is 5.11 Å². The summed E-state index contributed by atoms with van der Waals surface area (Å²) < 4.78 is 0. The van der Waals surface area contributed by atoms with Crippen LogP contribution in [0.2, 0.25) is 0 Å². The molecule has 1 aromatic carbocycles. The molecule has 1 aromatic rings. The molecule has 110 valence electrons. The number of hydrogen-bond donors (Lipinski definition) is 2. The van der Waals surface area contributed by atoms with Crippen LogP contribution in [0.15, 0.2) is 30.3 Å². The summed E-state index contributed by atoms with van der Waals surface area (Å²) in [5.74, 6) is -1.03. The fraction of sp³-hybridized carbons (Fsp3) is 0.562. The lowest BCUT2D eigenvalue weighted by molar-refractivity contribution is -0.141. The normalized spacial score (nSPS) is 18.9. The first-order chi connectivity index (χ1) is 9.65. The lowest BCUT2D eigenvalue weighted by atomic mass is 10.0. The van der Waals surface area contributed by atoms with Gasteiger partial charge in [0, 0.05) is 19.1 Å². The molecule has 2 rings (SSSR count). The minimum atomic E-state index is -0.723. The van der Waals surface area contributed by atoms with Crippen LogP contribution < -0.4 is 5.32 Å². The van der Waals surface area contributed by atoms with Crippen LogP contribution in [0.3, 0.4) is 0 Å². The summed E-state index contributed by atoms with van der Waals surface area (Å²) in [5.41, 5.74) is 1.36. The molecule has 20 heavy (non-hydrogen) atoms. The van der Waals surface area contributed by atoms with Crippen molar-refractivity contribution in [3.63, 3.8) is 0 Å². The Hall–Kier alpha value is -1.39. The van der Waals surface area contributed by atoms with Gasteiger partial charge in [-0.3, -0.25) is 9.69 Å². The van der Waals surface area contributed by atoms with Crippen molar-refractivity contribution in [3.8, 4) is 0 Å². The Bertz CT molecular complexity index is 414. The maximum Gasteiger partial charge on any atom is 0.307 e. The number of nitrogens with one attached hydrogen (secondary N) is 1. The third-order valence-corrected chi connectivity index (χ3v) is 3.97. The number of rotatable bonds is 6. The van der Waals surface area contributed by atoms with Crippen LogP contribution >= 0.6 is 0 Å². The van der Waals surface area contributed by atoms with E-state index in [0.717, 1.165) is 32.5 Å². The van der Waals surface area contributed by atoms with Gasteiger partial charge in [0.2, 0.25) is 0 Å². The highest BCUT2D eigenvalue weighted by atomic mass is 16.4. The third kappa shape index (κ3) is 4.62. The Labute approximate surface area is 120 Å². The summed E-state index contributed by atoms with van der Waals surface area (Å²) in [5, 5.41) is 12.2. The number of carboxylic acids is 1. The molecule has 0 aromatic heterocycles. The van der Waals surface area contributed by atoms with Gasteiger partial charge in [-0.15, -0.1) is 0 Å². The Kier molecular flexibility index (Phi) is 5.56. The summed E-state index contributed by atoms with van der Waals surface area (Å²) in [6.45, 7) is 5.49. The summed E-state index contributed by atoms with van der Waals surface area (Å²) >= 11 is 0. The molecule has 0 spiro atoms. The average Bonchev–Trinajstić information content (AvgIpc) is 2.47. The molecule has 2 N–H and O–H groups in total. The molecule has 1 saturated heterocycles. The van der Waals surface area contributed by atoms with Crippen LogP contribution in [0.4, 0.5) is 0 Å². The fourth-order valence-electron chi connectivity index (χ4n) is 2.57. The van der Waals surface area contributed by atoms with Crippen LogP contribution in [-0.4, -0.2) is 41.7 Å². The van der Waals surface area contributed by atoms with E-state index < -0.39 is 5.97 Å². The summed E-state index contributed by atoms with van der Waals surface area (Å²) in [7, 11) is 0. The van der Waals surface area contributed by atoms with Crippen LogP contribution in [0.25, 0.3) is 0 Å². The van der Waals surface area contributed by atoms with Crippen molar-refractivity contribution in [3.05, 3.63) is 35.9 Å². The van der Waals surface area contributed by atoms with E-state index in [2.05, 4.69) is 34.5 Å². The van der Waals surface area contributed by atoms with E-state index >= 15 is 0 Å². The molecular formula is C16H24N2O2. The van der Waals surface area contributed by atoms with Crippen molar-refractivity contribution in [1.82, 2.24) is 10.2 Å². The Morgan fingerprint density at radius 3 is 2.60 bits per heavy atom. The lowest BCUT2D eigenvalue weighted by Crippen LogP contribution is -2.44. The highest BCUT2D eigenvalue weighted by Gasteiger charge is 2.20. The first-order valence-electron chi connectivity index (χ1n) is 7.37. The molecule has 1 aliphatic heterocycles. The second kappa shape index (κ2) is 7.41. The first kappa shape index (κ1) is 15.0. The molecule has 0 bridgehead atoms. The van der Waals surface area contributed by atoms with Crippen molar-refractivity contribution >= 4 is 5.97 Å². The molecular weight excluding hydrogens is 252 g/mol. The molecule has 1 heterocycles. The van der Waals surface area contributed by atoms with E-state index in [1.165, 1.54) is 5.56 Å². The van der Waals surface area contributed by atoms with Crippen LogP contribution in [0.1, 0.15) is 25.3 Å². The quantitative estimate of drug-likeness (QED) is 0.834. The van der Waals surface area contributed by atoms with Gasteiger partial charge in [0.15, 0.2) is 0 Å². The van der Waals surface area contributed by atoms with Crippen LogP contribution in [0.5, 0.6) is 0 Å². The second-order valence-electron chi connectivity index (χ2n) is 5.68. The van der Waals surface area contributed by atoms with E-state index in [-0.39, 0.29) is 5.92 Å². The molecule has 0 radical (unpaired) electrons. The molecule has 0 aliphatic carbocycles. The van der Waals surface area contributed by atoms with Crippen molar-refractivity contribution in [2.24, 2.45) is 5.92 Å². The summed E-state index contributed by atoms with van der Waals surface area (Å²) in [4.78, 5) is 13.2. The van der Waals surface area contributed by atoms with Gasteiger partial charge in [0.05, 0.1) is 5.92 Å². The van der Waals surface area contributed by atoms with Gasteiger partial charge in [-0.1, -0.05) is 37.3 Å². The van der Waals surface area contributed by atoms with Crippen molar-refractivity contribution in [1.29, 1.82) is 0 Å². The van der Waals surface area contributed by atoms with Gasteiger partial charge < -0.3 is 10.4 Å². The minimum Gasteiger partial charge on any atom is -0.481 e. The zero-order valence-corrected chi connectivity index (χ0v) is 12.1. The number of benzene rings is 1. The number of carboxylic acid groups (broad SMARTS) is 1. The molecule has 1 unspecified atom stereocenters. The topological polar surface area (TPSA) is 52.6 Å². The molecule has 0 saturated carbocycles. The molecule has 1 atom stereocenters. The number of piperidine rings is 1. The maximum absolute atomic E-state index is 10.8. The highest BCUT2D eigenvalue weighted by molar-refractivity contribution is 5.69. The Morgan fingerprint density at radius 1 is 1.35 bits per heavy atom. The standard InChI is InChI=1S/C16H24N2O2/c1-13(16(19)20)11-17-15-7-9-18(10-8-15)12-14-5-3-2-4-6-14/h2-6,13,15,17H,7-12H2,1H3,(H,19,20).